The molecule has 2 aromatic rings. The fraction of sp³-hybridized carbons (Fsp3) is 0.435. The second kappa shape index (κ2) is 10.1. The average Bonchev–Trinajstić information content (AvgIpc) is 3.53. The minimum absolute atomic E-state index is 0.257. The Hall–Kier alpha value is -2.53. The molecule has 0 bridgehead atoms. The third-order valence-corrected chi connectivity index (χ3v) is 5.05. The molecule has 2 N–H and O–H groups in total. The molecule has 150 valence electrons. The molecule has 5 heteroatoms. The predicted octanol–water partition coefficient (Wildman–Crippen LogP) is 3.50. The van der Waals surface area contributed by atoms with Crippen LogP contribution in [0.25, 0.3) is 0 Å². The largest absolute Gasteiger partial charge is 0.491 e. The number of ether oxygens (including phenoxy) is 2. The van der Waals surface area contributed by atoms with Crippen molar-refractivity contribution in [3.05, 3.63) is 65.7 Å². The number of methoxy groups -OCH3 is 1. The Morgan fingerprint density at radius 2 is 1.86 bits per heavy atom. The number of benzene rings is 2. The summed E-state index contributed by atoms with van der Waals surface area (Å²) in [5, 5.41) is 6.89. The van der Waals surface area contributed by atoms with Crippen molar-refractivity contribution in [3.63, 3.8) is 0 Å². The third kappa shape index (κ3) is 5.73. The van der Waals surface area contributed by atoms with Gasteiger partial charge >= 0.3 is 0 Å². The number of nitrogens with zero attached hydrogens (tertiary/aromatic N) is 1. The molecule has 1 fully saturated rings. The van der Waals surface area contributed by atoms with E-state index in [4.69, 9.17) is 14.5 Å². The van der Waals surface area contributed by atoms with E-state index >= 15 is 0 Å². The monoisotopic (exact) mass is 381 g/mol. The van der Waals surface area contributed by atoms with Crippen LogP contribution < -0.4 is 15.4 Å². The van der Waals surface area contributed by atoms with E-state index in [9.17, 15) is 0 Å². The minimum Gasteiger partial charge on any atom is -0.491 e. The summed E-state index contributed by atoms with van der Waals surface area (Å²) in [5.41, 5.74) is 2.79. The smallest absolute Gasteiger partial charge is 0.191 e. The van der Waals surface area contributed by atoms with E-state index in [0.717, 1.165) is 30.4 Å². The standard InChI is InChI=1S/C23H31N3O2/c1-3-24-22(26-18-23(12-13-23)20-9-5-4-6-10-20)25-17-19-8-7-11-21(16-19)28-15-14-27-2/h4-11,16H,3,12-15,17-18H2,1-2H3,(H2,24,25,26). The van der Waals surface area contributed by atoms with Crippen molar-refractivity contribution in [1.29, 1.82) is 0 Å². The second-order valence-electron chi connectivity index (χ2n) is 7.18. The summed E-state index contributed by atoms with van der Waals surface area (Å²) in [6, 6.07) is 18.8. The van der Waals surface area contributed by atoms with Crippen molar-refractivity contribution >= 4 is 5.96 Å². The summed E-state index contributed by atoms with van der Waals surface area (Å²) in [6.07, 6.45) is 2.45. The molecule has 3 rings (SSSR count). The maximum absolute atomic E-state index is 5.69. The number of rotatable bonds is 10. The van der Waals surface area contributed by atoms with Gasteiger partial charge in [-0.25, -0.2) is 4.99 Å². The summed E-state index contributed by atoms with van der Waals surface area (Å²) in [6.45, 7) is 5.57. The van der Waals surface area contributed by atoms with E-state index in [2.05, 4.69) is 54.0 Å². The second-order valence-corrected chi connectivity index (χ2v) is 7.18. The zero-order valence-corrected chi connectivity index (χ0v) is 16.9. The van der Waals surface area contributed by atoms with E-state index in [1.165, 1.54) is 18.4 Å². The van der Waals surface area contributed by atoms with Crippen LogP contribution in [-0.2, 0) is 16.7 Å². The van der Waals surface area contributed by atoms with Gasteiger partial charge in [0, 0.05) is 25.6 Å². The van der Waals surface area contributed by atoms with E-state index in [1.54, 1.807) is 7.11 Å². The summed E-state index contributed by atoms with van der Waals surface area (Å²) >= 11 is 0. The van der Waals surface area contributed by atoms with Crippen LogP contribution in [0, 0.1) is 0 Å². The van der Waals surface area contributed by atoms with Crippen molar-refractivity contribution in [1.82, 2.24) is 10.6 Å². The number of hydrogen-bond acceptors (Lipinski definition) is 3. The predicted molar refractivity (Wildman–Crippen MR) is 114 cm³/mol. The van der Waals surface area contributed by atoms with Crippen molar-refractivity contribution < 1.29 is 9.47 Å². The Balaban J connectivity index is 1.58. The molecule has 0 radical (unpaired) electrons. The van der Waals surface area contributed by atoms with Gasteiger partial charge in [-0.15, -0.1) is 0 Å². The molecule has 2 aromatic carbocycles. The topological polar surface area (TPSA) is 54.9 Å². The SMILES string of the molecule is CCNC(=NCc1cccc(OCCOC)c1)NCC1(c2ccccc2)CC1. The Labute approximate surface area is 168 Å². The van der Waals surface area contributed by atoms with Crippen molar-refractivity contribution in [2.45, 2.75) is 31.7 Å². The van der Waals surface area contributed by atoms with Crippen LogP contribution in [0.15, 0.2) is 59.6 Å². The van der Waals surface area contributed by atoms with Crippen LogP contribution in [0.2, 0.25) is 0 Å². The van der Waals surface area contributed by atoms with Crippen LogP contribution in [0.5, 0.6) is 5.75 Å². The van der Waals surface area contributed by atoms with E-state index in [-0.39, 0.29) is 5.41 Å². The van der Waals surface area contributed by atoms with Gasteiger partial charge in [-0.3, -0.25) is 0 Å². The molecule has 0 spiro atoms. The van der Waals surface area contributed by atoms with Crippen LogP contribution in [0.4, 0.5) is 0 Å². The van der Waals surface area contributed by atoms with E-state index in [0.29, 0.717) is 19.8 Å². The molecule has 0 unspecified atom stereocenters. The Morgan fingerprint density at radius 3 is 2.57 bits per heavy atom. The molecular formula is C23H31N3O2. The lowest BCUT2D eigenvalue weighted by Gasteiger charge is -2.19. The Morgan fingerprint density at radius 1 is 1.04 bits per heavy atom. The molecule has 0 amide bonds. The summed E-state index contributed by atoms with van der Waals surface area (Å²) in [4.78, 5) is 4.76. The molecule has 1 saturated carbocycles. The lowest BCUT2D eigenvalue weighted by molar-refractivity contribution is 0.146. The van der Waals surface area contributed by atoms with Gasteiger partial charge in [-0.1, -0.05) is 42.5 Å². The van der Waals surface area contributed by atoms with Gasteiger partial charge in [0.25, 0.3) is 0 Å². The van der Waals surface area contributed by atoms with Gasteiger partial charge in [0.2, 0.25) is 0 Å². The van der Waals surface area contributed by atoms with Gasteiger partial charge in [0.15, 0.2) is 5.96 Å². The molecule has 0 atom stereocenters. The fourth-order valence-corrected chi connectivity index (χ4v) is 3.25. The molecule has 1 aliphatic carbocycles. The van der Waals surface area contributed by atoms with Gasteiger partial charge in [-0.2, -0.15) is 0 Å². The van der Waals surface area contributed by atoms with Crippen LogP contribution in [0.3, 0.4) is 0 Å². The number of guanidine groups is 1. The molecule has 28 heavy (non-hydrogen) atoms. The maximum Gasteiger partial charge on any atom is 0.191 e. The molecule has 5 nitrogen and oxygen atoms in total. The van der Waals surface area contributed by atoms with Crippen molar-refractivity contribution in [2.75, 3.05) is 33.4 Å². The van der Waals surface area contributed by atoms with Crippen LogP contribution >= 0.6 is 0 Å². The first-order valence-corrected chi connectivity index (χ1v) is 10.0. The third-order valence-electron chi connectivity index (χ3n) is 5.05. The first kappa shape index (κ1) is 20.2. The van der Waals surface area contributed by atoms with Crippen molar-refractivity contribution in [3.8, 4) is 5.75 Å². The number of hydrogen-bond donors (Lipinski definition) is 2. The zero-order chi connectivity index (χ0) is 19.7. The van der Waals surface area contributed by atoms with Crippen LogP contribution in [-0.4, -0.2) is 39.4 Å². The first-order valence-electron chi connectivity index (χ1n) is 10.0. The van der Waals surface area contributed by atoms with Gasteiger partial charge in [0.1, 0.15) is 12.4 Å². The highest BCUT2D eigenvalue weighted by Crippen LogP contribution is 2.47. The van der Waals surface area contributed by atoms with Gasteiger partial charge in [0.05, 0.1) is 13.2 Å². The number of aliphatic imine (C=N–C) groups is 1. The normalized spacial score (nSPS) is 15.1. The molecule has 0 aliphatic heterocycles. The Kier molecular flexibility index (Phi) is 7.31. The first-order chi connectivity index (χ1) is 13.8. The summed E-state index contributed by atoms with van der Waals surface area (Å²) in [5.74, 6) is 1.71. The summed E-state index contributed by atoms with van der Waals surface area (Å²) in [7, 11) is 1.67. The molecular weight excluding hydrogens is 350 g/mol. The number of nitrogens with one attached hydrogen (secondary N) is 2. The zero-order valence-electron chi connectivity index (χ0n) is 16.9. The fourth-order valence-electron chi connectivity index (χ4n) is 3.25. The van der Waals surface area contributed by atoms with E-state index < -0.39 is 0 Å². The maximum atomic E-state index is 5.69. The summed E-state index contributed by atoms with van der Waals surface area (Å²) < 4.78 is 10.7. The van der Waals surface area contributed by atoms with Crippen LogP contribution in [0.1, 0.15) is 30.9 Å². The van der Waals surface area contributed by atoms with Gasteiger partial charge < -0.3 is 20.1 Å². The molecule has 0 saturated heterocycles. The molecule has 0 aromatic heterocycles. The average molecular weight is 382 g/mol. The highest BCUT2D eigenvalue weighted by molar-refractivity contribution is 5.80. The van der Waals surface area contributed by atoms with Gasteiger partial charge in [-0.05, 0) is 43.0 Å². The highest BCUT2D eigenvalue weighted by Gasteiger charge is 2.43. The molecule has 0 heterocycles. The lowest BCUT2D eigenvalue weighted by Crippen LogP contribution is -2.41. The quantitative estimate of drug-likeness (QED) is 0.376. The minimum atomic E-state index is 0.257. The molecule has 1 aliphatic rings. The Bertz CT molecular complexity index is 757. The lowest BCUT2D eigenvalue weighted by atomic mass is 9.96. The van der Waals surface area contributed by atoms with Crippen molar-refractivity contribution in [2.24, 2.45) is 4.99 Å². The van der Waals surface area contributed by atoms with E-state index in [1.807, 2.05) is 18.2 Å². The highest BCUT2D eigenvalue weighted by atomic mass is 16.5.